The second-order valence-electron chi connectivity index (χ2n) is 9.88. The van der Waals surface area contributed by atoms with Crippen molar-refractivity contribution >= 4 is 0 Å². The van der Waals surface area contributed by atoms with Crippen LogP contribution in [-0.4, -0.2) is 0 Å². The van der Waals surface area contributed by atoms with Crippen LogP contribution in [0.2, 0.25) is 0 Å². The zero-order chi connectivity index (χ0) is 23.5. The Labute approximate surface area is 220 Å². The van der Waals surface area contributed by atoms with Crippen LogP contribution < -0.4 is 42.4 Å². The third-order valence-electron chi connectivity index (χ3n) is 6.01. The Morgan fingerprint density at radius 3 is 1.09 bits per heavy atom. The van der Waals surface area contributed by atoms with E-state index in [-0.39, 0.29) is 53.2 Å². The van der Waals surface area contributed by atoms with Crippen LogP contribution in [0.4, 0.5) is 0 Å². The minimum absolute atomic E-state index is 0.00515. The molecular formula is C31H32I2-2. The Morgan fingerprint density at radius 2 is 0.727 bits per heavy atom. The van der Waals surface area contributed by atoms with Crippen molar-refractivity contribution in [1.82, 2.24) is 0 Å². The summed E-state index contributed by atoms with van der Waals surface area (Å²) in [7, 11) is 0. The van der Waals surface area contributed by atoms with E-state index in [2.05, 4.69) is 138 Å². The van der Waals surface area contributed by atoms with E-state index in [1.54, 1.807) is 0 Å². The summed E-state index contributed by atoms with van der Waals surface area (Å²) in [5, 5.41) is 0. The molecule has 0 bridgehead atoms. The van der Waals surface area contributed by atoms with Gasteiger partial charge in [0.1, 0.15) is 0 Å². The molecule has 33 heavy (non-hydrogen) atoms. The van der Waals surface area contributed by atoms with Crippen LogP contribution in [0.15, 0.2) is 103 Å². The number of hydrogen-bond donors (Lipinski definition) is 0. The molecule has 0 saturated carbocycles. The molecule has 0 radical (unpaired) electrons. The zero-order valence-corrected chi connectivity index (χ0v) is 24.4. The first kappa shape index (κ1) is 24.5. The van der Waals surface area contributed by atoms with Gasteiger partial charge >= 0.3 is 222 Å². The first-order chi connectivity index (χ1) is 15.7. The molecule has 0 saturated heterocycles. The molecule has 4 aromatic rings. The predicted octanol–water partition coefficient (Wildman–Crippen LogP) is 1.57. The first-order valence-electron chi connectivity index (χ1n) is 11.4. The van der Waals surface area contributed by atoms with E-state index in [1.807, 2.05) is 0 Å². The fourth-order valence-corrected chi connectivity index (χ4v) is 8.14. The average molecular weight is 658 g/mol. The summed E-state index contributed by atoms with van der Waals surface area (Å²) in [6.07, 6.45) is 0. The van der Waals surface area contributed by atoms with E-state index in [4.69, 9.17) is 0 Å². The van der Waals surface area contributed by atoms with E-state index in [1.165, 1.54) is 31.0 Å². The van der Waals surface area contributed by atoms with E-state index in [0.29, 0.717) is 0 Å². The molecule has 0 atom stereocenters. The SMILES string of the molecule is CC(C)(C)c1ccc([I-]c2ccc(C(C)(C)c3ccc([I-]c4ccccc4)cc3)cc2)cc1. The van der Waals surface area contributed by atoms with Gasteiger partial charge in [-0.3, -0.25) is 0 Å². The fraction of sp³-hybridized carbons (Fsp3) is 0.226. The van der Waals surface area contributed by atoms with Crippen LogP contribution in [0.1, 0.15) is 51.3 Å². The summed E-state index contributed by atoms with van der Waals surface area (Å²) in [6.45, 7) is 11.5. The van der Waals surface area contributed by atoms with Gasteiger partial charge in [-0.1, -0.05) is 0 Å². The molecule has 0 spiro atoms. The molecule has 2 heteroatoms. The molecule has 0 aliphatic rings. The fourth-order valence-electron chi connectivity index (χ4n) is 3.77. The van der Waals surface area contributed by atoms with Crippen molar-refractivity contribution in [2.45, 2.75) is 45.4 Å². The number of rotatable bonds is 6. The molecule has 0 aliphatic carbocycles. The van der Waals surface area contributed by atoms with Crippen molar-refractivity contribution in [3.05, 3.63) is 134 Å². The van der Waals surface area contributed by atoms with Crippen LogP contribution >= 0.6 is 0 Å². The van der Waals surface area contributed by atoms with Gasteiger partial charge < -0.3 is 0 Å². The standard InChI is InChI=1S/C31H32I2/c1-30(2,3)23-11-17-27(18-12-23)33-29-21-15-25(16-22-29)31(4,5)24-13-19-28(20-14-24)32-26-9-7-6-8-10-26/h6-22H,1-5H3/q-2. The van der Waals surface area contributed by atoms with Gasteiger partial charge in [0.2, 0.25) is 0 Å². The number of hydrogen-bond acceptors (Lipinski definition) is 0. The Hall–Kier alpha value is -1.66. The Balaban J connectivity index is 1.45. The van der Waals surface area contributed by atoms with Gasteiger partial charge in [0.25, 0.3) is 0 Å². The number of benzene rings is 4. The Bertz CT molecular complexity index is 1170. The first-order valence-corrected chi connectivity index (χ1v) is 15.7. The van der Waals surface area contributed by atoms with Crippen molar-refractivity contribution in [2.75, 3.05) is 0 Å². The molecule has 0 heterocycles. The molecular weight excluding hydrogens is 626 g/mol. The van der Waals surface area contributed by atoms with Gasteiger partial charge in [-0.2, -0.15) is 0 Å². The normalized spacial score (nSPS) is 12.3. The van der Waals surface area contributed by atoms with Crippen LogP contribution in [0, 0.1) is 14.3 Å². The molecule has 172 valence electrons. The van der Waals surface area contributed by atoms with Gasteiger partial charge in [0, 0.05) is 0 Å². The van der Waals surface area contributed by atoms with E-state index < -0.39 is 0 Å². The quantitative estimate of drug-likeness (QED) is 0.277. The molecule has 0 aromatic heterocycles. The van der Waals surface area contributed by atoms with Gasteiger partial charge in [-0.05, 0) is 0 Å². The van der Waals surface area contributed by atoms with Crippen LogP contribution in [0.5, 0.6) is 0 Å². The monoisotopic (exact) mass is 658 g/mol. The summed E-state index contributed by atoms with van der Waals surface area (Å²) >= 11 is -0.262. The zero-order valence-electron chi connectivity index (χ0n) is 20.1. The molecule has 0 aliphatic heterocycles. The van der Waals surface area contributed by atoms with E-state index in [0.717, 1.165) is 0 Å². The Kier molecular flexibility index (Phi) is 7.64. The molecule has 0 amide bonds. The maximum absolute atomic E-state index is 2.34. The van der Waals surface area contributed by atoms with E-state index >= 15 is 0 Å². The molecule has 0 nitrogen and oxygen atoms in total. The van der Waals surface area contributed by atoms with Crippen LogP contribution in [0.25, 0.3) is 0 Å². The third kappa shape index (κ3) is 6.27. The molecule has 0 unspecified atom stereocenters. The average Bonchev–Trinajstić information content (AvgIpc) is 2.80. The van der Waals surface area contributed by atoms with Crippen molar-refractivity contribution in [3.63, 3.8) is 0 Å². The predicted molar refractivity (Wildman–Crippen MR) is 131 cm³/mol. The summed E-state index contributed by atoms with van der Waals surface area (Å²) in [5.41, 5.74) is 4.37. The van der Waals surface area contributed by atoms with Gasteiger partial charge in [-0.15, -0.1) is 0 Å². The van der Waals surface area contributed by atoms with Crippen molar-refractivity contribution in [3.8, 4) is 0 Å². The molecule has 4 rings (SSSR count). The van der Waals surface area contributed by atoms with Crippen LogP contribution in [0.3, 0.4) is 0 Å². The summed E-state index contributed by atoms with van der Waals surface area (Å²) < 4.78 is 5.89. The van der Waals surface area contributed by atoms with Gasteiger partial charge in [-0.25, -0.2) is 0 Å². The molecule has 4 aromatic carbocycles. The molecule has 0 N–H and O–H groups in total. The second-order valence-corrected chi connectivity index (χ2v) is 15.9. The Morgan fingerprint density at radius 1 is 0.394 bits per heavy atom. The van der Waals surface area contributed by atoms with Gasteiger partial charge in [0.05, 0.1) is 0 Å². The second kappa shape index (κ2) is 10.3. The van der Waals surface area contributed by atoms with Crippen LogP contribution in [-0.2, 0) is 10.8 Å². The maximum atomic E-state index is 2.34. The number of halogens is 2. The summed E-state index contributed by atoms with van der Waals surface area (Å²) in [5.74, 6) is 0. The van der Waals surface area contributed by atoms with Crippen molar-refractivity contribution < 1.29 is 42.4 Å². The summed E-state index contributed by atoms with van der Waals surface area (Å²) in [6, 6.07) is 38.8. The van der Waals surface area contributed by atoms with Crippen molar-refractivity contribution in [2.24, 2.45) is 0 Å². The third-order valence-corrected chi connectivity index (χ3v) is 11.4. The molecule has 0 fully saturated rings. The summed E-state index contributed by atoms with van der Waals surface area (Å²) in [4.78, 5) is 0. The van der Waals surface area contributed by atoms with Crippen molar-refractivity contribution in [1.29, 1.82) is 0 Å². The van der Waals surface area contributed by atoms with Gasteiger partial charge in [0.15, 0.2) is 0 Å². The minimum atomic E-state index is -0.151. The van der Waals surface area contributed by atoms with E-state index in [9.17, 15) is 0 Å². The topological polar surface area (TPSA) is 0 Å².